The quantitative estimate of drug-likeness (QED) is 0.355. The number of hydrogen-bond acceptors (Lipinski definition) is 3. The Bertz CT molecular complexity index is 75.7. The van der Waals surface area contributed by atoms with Gasteiger partial charge in [-0.25, -0.2) is 9.59 Å². The van der Waals surface area contributed by atoms with Crippen LogP contribution in [0.4, 0.5) is 0 Å². The lowest BCUT2D eigenvalue weighted by molar-refractivity contribution is -0.159. The molecular formula is C2H5NO4. The molecule has 0 aliphatic heterocycles. The Balaban J connectivity index is 0. The molecule has 7 heavy (non-hydrogen) atoms. The highest BCUT2D eigenvalue weighted by Crippen LogP contribution is 1.56. The molecule has 0 aromatic rings. The topological polar surface area (TPSA) is 110 Å². The van der Waals surface area contributed by atoms with Gasteiger partial charge in [0.2, 0.25) is 0 Å². The molecule has 0 aromatic heterocycles. The zero-order valence-electron chi connectivity index (χ0n) is 3.42. The maximum atomic E-state index is 9.10. The minimum absolute atomic E-state index is 0. The summed E-state index contributed by atoms with van der Waals surface area (Å²) in [6.07, 6.45) is 0. The van der Waals surface area contributed by atoms with Crippen LogP contribution in [0.3, 0.4) is 0 Å². The summed E-state index contributed by atoms with van der Waals surface area (Å²) in [6, 6.07) is 0. The summed E-state index contributed by atoms with van der Waals surface area (Å²) in [5.41, 5.74) is 0. The second-order valence-electron chi connectivity index (χ2n) is 0.610. The molecule has 0 unspecified atom stereocenters. The Morgan fingerprint density at radius 2 is 1.14 bits per heavy atom. The summed E-state index contributed by atoms with van der Waals surface area (Å²) < 4.78 is 0. The molecule has 42 valence electrons. The van der Waals surface area contributed by atoms with E-state index in [1.807, 2.05) is 0 Å². The van der Waals surface area contributed by atoms with Gasteiger partial charge in [-0.2, -0.15) is 0 Å². The summed E-state index contributed by atoms with van der Waals surface area (Å²) in [5.74, 6) is -3.65. The number of aliphatic carboxylic acids is 2. The molecule has 0 rings (SSSR count). The van der Waals surface area contributed by atoms with Crippen molar-refractivity contribution in [1.29, 1.82) is 0 Å². The van der Waals surface area contributed by atoms with Crippen molar-refractivity contribution in [3.8, 4) is 0 Å². The van der Waals surface area contributed by atoms with Gasteiger partial charge in [0.1, 0.15) is 0 Å². The molecule has 0 aromatic carbocycles. The van der Waals surface area contributed by atoms with E-state index in [1.165, 1.54) is 0 Å². The zero-order valence-corrected chi connectivity index (χ0v) is 3.42. The average Bonchev–Trinajstić information content (AvgIpc) is 1.36. The Morgan fingerprint density at radius 1 is 1.00 bits per heavy atom. The lowest BCUT2D eigenvalue weighted by Crippen LogP contribution is -2.09. The molecule has 0 saturated heterocycles. The van der Waals surface area contributed by atoms with Crippen LogP contribution in [-0.2, 0) is 9.59 Å². The van der Waals surface area contributed by atoms with E-state index in [2.05, 4.69) is 0 Å². The second kappa shape index (κ2) is 3.10. The Labute approximate surface area is 39.2 Å². The fourth-order valence-corrected chi connectivity index (χ4v) is 0. The lowest BCUT2D eigenvalue weighted by atomic mass is 10.7. The van der Waals surface area contributed by atoms with Crippen LogP contribution in [0.1, 0.15) is 0 Å². The summed E-state index contributed by atoms with van der Waals surface area (Å²) >= 11 is 0. The van der Waals surface area contributed by atoms with Crippen molar-refractivity contribution in [2.75, 3.05) is 0 Å². The third-order valence-corrected chi connectivity index (χ3v) is 0.183. The van der Waals surface area contributed by atoms with Crippen molar-refractivity contribution in [3.63, 3.8) is 0 Å². The van der Waals surface area contributed by atoms with Gasteiger partial charge >= 0.3 is 11.9 Å². The normalized spacial score (nSPS) is 6.29. The van der Waals surface area contributed by atoms with Crippen molar-refractivity contribution in [2.45, 2.75) is 0 Å². The van der Waals surface area contributed by atoms with Gasteiger partial charge in [0.25, 0.3) is 0 Å². The van der Waals surface area contributed by atoms with E-state index in [1.54, 1.807) is 0 Å². The monoisotopic (exact) mass is 107 g/mol. The van der Waals surface area contributed by atoms with Gasteiger partial charge in [-0.15, -0.1) is 0 Å². The van der Waals surface area contributed by atoms with Gasteiger partial charge in [0.05, 0.1) is 0 Å². The van der Waals surface area contributed by atoms with E-state index < -0.39 is 11.9 Å². The minimum atomic E-state index is -1.82. The zero-order chi connectivity index (χ0) is 5.15. The number of rotatable bonds is 0. The summed E-state index contributed by atoms with van der Waals surface area (Å²) in [7, 11) is 0. The van der Waals surface area contributed by atoms with Crippen LogP contribution in [0.5, 0.6) is 0 Å². The Morgan fingerprint density at radius 3 is 1.14 bits per heavy atom. The summed E-state index contributed by atoms with van der Waals surface area (Å²) in [4.78, 5) is 18.2. The molecule has 0 radical (unpaired) electrons. The average molecular weight is 107 g/mol. The SMILES string of the molecule is N.O=C(O)C(=O)O. The fraction of sp³-hybridized carbons (Fsp3) is 0. The van der Waals surface area contributed by atoms with E-state index >= 15 is 0 Å². The third kappa shape index (κ3) is 4.90. The molecular weight excluding hydrogens is 102 g/mol. The molecule has 0 bridgehead atoms. The van der Waals surface area contributed by atoms with Gasteiger partial charge in [0, 0.05) is 0 Å². The van der Waals surface area contributed by atoms with Gasteiger partial charge in [-0.05, 0) is 0 Å². The molecule has 0 atom stereocenters. The number of carbonyl (C=O) groups is 2. The molecule has 0 fully saturated rings. The van der Waals surface area contributed by atoms with E-state index in [0.29, 0.717) is 0 Å². The molecule has 0 heterocycles. The van der Waals surface area contributed by atoms with Crippen molar-refractivity contribution in [2.24, 2.45) is 0 Å². The van der Waals surface area contributed by atoms with Crippen LogP contribution in [0.2, 0.25) is 0 Å². The fourth-order valence-electron chi connectivity index (χ4n) is 0. The van der Waals surface area contributed by atoms with Crippen LogP contribution in [-0.4, -0.2) is 22.2 Å². The Kier molecular flexibility index (Phi) is 4.13. The molecule has 0 spiro atoms. The van der Waals surface area contributed by atoms with Gasteiger partial charge < -0.3 is 16.4 Å². The molecule has 0 saturated carbocycles. The van der Waals surface area contributed by atoms with Crippen molar-refractivity contribution in [1.82, 2.24) is 6.15 Å². The maximum Gasteiger partial charge on any atom is 0.414 e. The maximum absolute atomic E-state index is 9.10. The first-order valence-corrected chi connectivity index (χ1v) is 1.11. The standard InChI is InChI=1S/C2H2O4.H3N/c3-1(4)2(5)6;/h(H,3,4)(H,5,6);1H3. The van der Waals surface area contributed by atoms with E-state index in [0.717, 1.165) is 0 Å². The highest BCUT2D eigenvalue weighted by Gasteiger charge is 2.04. The van der Waals surface area contributed by atoms with E-state index in [9.17, 15) is 0 Å². The molecule has 0 amide bonds. The lowest BCUT2D eigenvalue weighted by Gasteiger charge is -1.72. The van der Waals surface area contributed by atoms with Crippen LogP contribution in [0.25, 0.3) is 0 Å². The van der Waals surface area contributed by atoms with Crippen LogP contribution >= 0.6 is 0 Å². The van der Waals surface area contributed by atoms with Gasteiger partial charge in [-0.1, -0.05) is 0 Å². The van der Waals surface area contributed by atoms with Crippen molar-refractivity contribution < 1.29 is 19.8 Å². The number of hydrogen-bond donors (Lipinski definition) is 3. The largest absolute Gasteiger partial charge is 0.473 e. The van der Waals surface area contributed by atoms with Gasteiger partial charge in [0.15, 0.2) is 0 Å². The smallest absolute Gasteiger partial charge is 0.414 e. The van der Waals surface area contributed by atoms with Crippen molar-refractivity contribution >= 4 is 11.9 Å². The highest BCUT2D eigenvalue weighted by atomic mass is 16.4. The van der Waals surface area contributed by atoms with Crippen LogP contribution in [0, 0.1) is 0 Å². The molecule has 0 aliphatic rings. The van der Waals surface area contributed by atoms with Crippen molar-refractivity contribution in [3.05, 3.63) is 0 Å². The first-order valence-electron chi connectivity index (χ1n) is 1.11. The van der Waals surface area contributed by atoms with Crippen LogP contribution in [0.15, 0.2) is 0 Å². The first kappa shape index (κ1) is 9.31. The number of carboxylic acids is 2. The summed E-state index contributed by atoms with van der Waals surface area (Å²) in [6.45, 7) is 0. The molecule has 5 heteroatoms. The van der Waals surface area contributed by atoms with E-state index in [4.69, 9.17) is 19.8 Å². The number of carboxylic acid groups (broad SMARTS) is 2. The first-order chi connectivity index (χ1) is 2.64. The minimum Gasteiger partial charge on any atom is -0.473 e. The Hall–Kier alpha value is -1.10. The summed E-state index contributed by atoms with van der Waals surface area (Å²) in [5, 5.41) is 14.8. The molecule has 5 N–H and O–H groups in total. The predicted octanol–water partition coefficient (Wildman–Crippen LogP) is -0.682. The molecule has 0 aliphatic carbocycles. The van der Waals surface area contributed by atoms with Gasteiger partial charge in [-0.3, -0.25) is 0 Å². The third-order valence-electron chi connectivity index (χ3n) is 0.183. The van der Waals surface area contributed by atoms with Crippen LogP contribution < -0.4 is 6.15 Å². The highest BCUT2D eigenvalue weighted by molar-refractivity contribution is 6.27. The second-order valence-corrected chi connectivity index (χ2v) is 0.610. The van der Waals surface area contributed by atoms with E-state index in [-0.39, 0.29) is 6.15 Å². The predicted molar refractivity (Wildman–Crippen MR) is 20.3 cm³/mol. The molecule has 5 nitrogen and oxygen atoms in total.